The Kier molecular flexibility index (Phi) is 3.82. The molecule has 0 aliphatic carbocycles. The molecule has 0 unspecified atom stereocenters. The van der Waals surface area contributed by atoms with Gasteiger partial charge in [0, 0.05) is 5.56 Å². The molecule has 2 nitrogen and oxygen atoms in total. The highest BCUT2D eigenvalue weighted by Gasteiger charge is 2.07. The minimum Gasteiger partial charge on any atom is -0.491 e. The molecule has 0 atom stereocenters. The summed E-state index contributed by atoms with van der Waals surface area (Å²) in [5, 5.41) is 8.85. The van der Waals surface area contributed by atoms with E-state index < -0.39 is 0 Å². The number of benzene rings is 2. The van der Waals surface area contributed by atoms with Crippen LogP contribution in [0.15, 0.2) is 42.5 Å². The number of hydrogen-bond donors (Lipinski definition) is 0. The summed E-state index contributed by atoms with van der Waals surface area (Å²) in [5.74, 6) is 0.409. The molecule has 2 aromatic rings. The van der Waals surface area contributed by atoms with Crippen molar-refractivity contribution in [3.8, 4) is 22.9 Å². The topological polar surface area (TPSA) is 33.0 Å². The maximum atomic E-state index is 13.8. The second-order valence-electron chi connectivity index (χ2n) is 4.50. The zero-order chi connectivity index (χ0) is 13.8. The van der Waals surface area contributed by atoms with Gasteiger partial charge in [0.2, 0.25) is 0 Å². The van der Waals surface area contributed by atoms with Crippen LogP contribution < -0.4 is 4.74 Å². The maximum Gasteiger partial charge on any atom is 0.131 e. The van der Waals surface area contributed by atoms with Crippen LogP contribution in [0.3, 0.4) is 0 Å². The molecule has 0 bridgehead atoms. The van der Waals surface area contributed by atoms with Gasteiger partial charge < -0.3 is 4.74 Å². The molecule has 0 amide bonds. The van der Waals surface area contributed by atoms with E-state index in [0.29, 0.717) is 11.1 Å². The number of rotatable bonds is 3. The SMILES string of the molecule is CC(C)Oc1ccc(-c2cc(C#N)ccc2F)cc1. The van der Waals surface area contributed by atoms with E-state index in [1.807, 2.05) is 19.9 Å². The molecule has 0 aliphatic heterocycles. The largest absolute Gasteiger partial charge is 0.491 e. The summed E-state index contributed by atoms with van der Waals surface area (Å²) < 4.78 is 19.3. The highest BCUT2D eigenvalue weighted by Crippen LogP contribution is 2.26. The molecule has 0 heterocycles. The molecule has 0 spiro atoms. The fourth-order valence-electron chi connectivity index (χ4n) is 1.80. The van der Waals surface area contributed by atoms with E-state index in [2.05, 4.69) is 0 Å². The Bertz CT molecular complexity index is 612. The standard InChI is InChI=1S/C16H14FNO/c1-11(2)19-14-6-4-13(5-7-14)15-9-12(10-18)3-8-16(15)17/h3-9,11H,1-2H3. The molecule has 0 saturated carbocycles. The van der Waals surface area contributed by atoms with Gasteiger partial charge in [-0.1, -0.05) is 12.1 Å². The van der Waals surface area contributed by atoms with Crippen LogP contribution in [0.25, 0.3) is 11.1 Å². The Hall–Kier alpha value is -2.34. The van der Waals surface area contributed by atoms with Crippen LogP contribution in [0.5, 0.6) is 5.75 Å². The third kappa shape index (κ3) is 3.11. The van der Waals surface area contributed by atoms with Crippen molar-refractivity contribution >= 4 is 0 Å². The molecule has 0 fully saturated rings. The lowest BCUT2D eigenvalue weighted by molar-refractivity contribution is 0.242. The summed E-state index contributed by atoms with van der Waals surface area (Å²) in [6.07, 6.45) is 0.101. The average molecular weight is 255 g/mol. The van der Waals surface area contributed by atoms with E-state index in [1.54, 1.807) is 30.3 Å². The molecule has 2 rings (SSSR count). The first kappa shape index (κ1) is 13.1. The number of nitriles is 1. The van der Waals surface area contributed by atoms with Gasteiger partial charge in [-0.3, -0.25) is 0 Å². The molecular weight excluding hydrogens is 241 g/mol. The van der Waals surface area contributed by atoms with Crippen molar-refractivity contribution in [1.29, 1.82) is 5.26 Å². The lowest BCUT2D eigenvalue weighted by atomic mass is 10.0. The first-order valence-corrected chi connectivity index (χ1v) is 6.07. The van der Waals surface area contributed by atoms with E-state index >= 15 is 0 Å². The summed E-state index contributed by atoms with van der Waals surface area (Å²) in [7, 11) is 0. The van der Waals surface area contributed by atoms with E-state index in [-0.39, 0.29) is 11.9 Å². The molecule has 96 valence electrons. The Labute approximate surface area is 112 Å². The predicted molar refractivity (Wildman–Crippen MR) is 72.3 cm³/mol. The Morgan fingerprint density at radius 3 is 2.37 bits per heavy atom. The van der Waals surface area contributed by atoms with Crippen molar-refractivity contribution in [3.05, 3.63) is 53.8 Å². The second-order valence-corrected chi connectivity index (χ2v) is 4.50. The van der Waals surface area contributed by atoms with Crippen molar-refractivity contribution < 1.29 is 9.13 Å². The quantitative estimate of drug-likeness (QED) is 0.825. The molecular formula is C16H14FNO. The third-order valence-electron chi connectivity index (χ3n) is 2.63. The van der Waals surface area contributed by atoms with Gasteiger partial charge in [0.15, 0.2) is 0 Å². The van der Waals surface area contributed by atoms with Gasteiger partial charge >= 0.3 is 0 Å². The third-order valence-corrected chi connectivity index (χ3v) is 2.63. The summed E-state index contributed by atoms with van der Waals surface area (Å²) in [5.41, 5.74) is 1.60. The number of hydrogen-bond acceptors (Lipinski definition) is 2. The van der Waals surface area contributed by atoms with Crippen molar-refractivity contribution in [2.24, 2.45) is 0 Å². The van der Waals surface area contributed by atoms with Crippen molar-refractivity contribution in [1.82, 2.24) is 0 Å². The predicted octanol–water partition coefficient (Wildman–Crippen LogP) is 4.15. The zero-order valence-electron chi connectivity index (χ0n) is 10.9. The van der Waals surface area contributed by atoms with Crippen LogP contribution in [0.4, 0.5) is 4.39 Å². The Morgan fingerprint density at radius 1 is 1.11 bits per heavy atom. The lowest BCUT2D eigenvalue weighted by Gasteiger charge is -2.10. The first-order valence-electron chi connectivity index (χ1n) is 6.07. The van der Waals surface area contributed by atoms with Crippen LogP contribution in [0.1, 0.15) is 19.4 Å². The van der Waals surface area contributed by atoms with Gasteiger partial charge in [0.05, 0.1) is 17.7 Å². The zero-order valence-corrected chi connectivity index (χ0v) is 10.9. The van der Waals surface area contributed by atoms with Gasteiger partial charge in [0.1, 0.15) is 11.6 Å². The monoisotopic (exact) mass is 255 g/mol. The van der Waals surface area contributed by atoms with Gasteiger partial charge in [0.25, 0.3) is 0 Å². The molecule has 0 aliphatic rings. The molecule has 0 N–H and O–H groups in total. The molecule has 0 aromatic heterocycles. The highest BCUT2D eigenvalue weighted by atomic mass is 19.1. The molecule has 19 heavy (non-hydrogen) atoms. The molecule has 0 saturated heterocycles. The molecule has 3 heteroatoms. The Morgan fingerprint density at radius 2 is 1.79 bits per heavy atom. The smallest absolute Gasteiger partial charge is 0.131 e. The van der Waals surface area contributed by atoms with Crippen LogP contribution >= 0.6 is 0 Å². The normalized spacial score (nSPS) is 10.3. The van der Waals surface area contributed by atoms with E-state index in [0.717, 1.165) is 11.3 Å². The van der Waals surface area contributed by atoms with Crippen LogP contribution in [-0.4, -0.2) is 6.10 Å². The van der Waals surface area contributed by atoms with E-state index in [9.17, 15) is 4.39 Å². The van der Waals surface area contributed by atoms with Crippen molar-refractivity contribution in [2.45, 2.75) is 20.0 Å². The highest BCUT2D eigenvalue weighted by molar-refractivity contribution is 5.66. The maximum absolute atomic E-state index is 13.8. The van der Waals surface area contributed by atoms with E-state index in [4.69, 9.17) is 10.00 Å². The van der Waals surface area contributed by atoms with Crippen molar-refractivity contribution in [3.63, 3.8) is 0 Å². The molecule has 0 radical (unpaired) electrons. The first-order chi connectivity index (χ1) is 9.10. The van der Waals surface area contributed by atoms with Gasteiger partial charge in [-0.15, -0.1) is 0 Å². The average Bonchev–Trinajstić information content (AvgIpc) is 2.40. The summed E-state index contributed by atoms with van der Waals surface area (Å²) in [6.45, 7) is 3.90. The summed E-state index contributed by atoms with van der Waals surface area (Å²) in [6, 6.07) is 13.5. The minimum absolute atomic E-state index is 0.101. The van der Waals surface area contributed by atoms with Crippen LogP contribution in [-0.2, 0) is 0 Å². The number of nitrogens with zero attached hydrogens (tertiary/aromatic N) is 1. The second kappa shape index (κ2) is 5.53. The summed E-state index contributed by atoms with van der Waals surface area (Å²) >= 11 is 0. The van der Waals surface area contributed by atoms with Gasteiger partial charge in [-0.05, 0) is 49.7 Å². The van der Waals surface area contributed by atoms with Crippen molar-refractivity contribution in [2.75, 3.05) is 0 Å². The van der Waals surface area contributed by atoms with Gasteiger partial charge in [-0.2, -0.15) is 5.26 Å². The fourth-order valence-corrected chi connectivity index (χ4v) is 1.80. The Balaban J connectivity index is 2.35. The number of halogens is 1. The van der Waals surface area contributed by atoms with Gasteiger partial charge in [-0.25, -0.2) is 4.39 Å². The van der Waals surface area contributed by atoms with Crippen LogP contribution in [0.2, 0.25) is 0 Å². The minimum atomic E-state index is -0.337. The lowest BCUT2D eigenvalue weighted by Crippen LogP contribution is -2.05. The van der Waals surface area contributed by atoms with E-state index in [1.165, 1.54) is 12.1 Å². The van der Waals surface area contributed by atoms with Crippen LogP contribution in [0, 0.1) is 17.1 Å². The summed E-state index contributed by atoms with van der Waals surface area (Å²) in [4.78, 5) is 0. The molecule has 2 aromatic carbocycles. The fraction of sp³-hybridized carbons (Fsp3) is 0.188. The number of ether oxygens (including phenoxy) is 1.